The van der Waals surface area contributed by atoms with Crippen molar-refractivity contribution in [1.29, 1.82) is 0 Å². The Labute approximate surface area is 106 Å². The lowest BCUT2D eigenvalue weighted by atomic mass is 9.84. The van der Waals surface area contributed by atoms with Gasteiger partial charge in [0, 0.05) is 31.2 Å². The standard InChI is InChI=1S/C13H21F3N2/c1-12(6-2-3-11(12)17)9-18-7-4-10(5-8-18)13(14,15)16/h4,11H,2-3,5-9,17H2,1H3. The molecule has 2 rings (SSSR count). The van der Waals surface area contributed by atoms with Crippen LogP contribution in [0, 0.1) is 5.41 Å². The van der Waals surface area contributed by atoms with E-state index in [1.807, 2.05) is 0 Å². The van der Waals surface area contributed by atoms with Crippen molar-refractivity contribution in [2.75, 3.05) is 19.6 Å². The Morgan fingerprint density at radius 3 is 2.67 bits per heavy atom. The average molecular weight is 262 g/mol. The highest BCUT2D eigenvalue weighted by atomic mass is 19.4. The Bertz CT molecular complexity index is 338. The van der Waals surface area contributed by atoms with E-state index >= 15 is 0 Å². The van der Waals surface area contributed by atoms with Crippen LogP contribution in [-0.2, 0) is 0 Å². The molecule has 1 aliphatic carbocycles. The van der Waals surface area contributed by atoms with Gasteiger partial charge in [-0.1, -0.05) is 19.4 Å². The van der Waals surface area contributed by atoms with E-state index in [1.54, 1.807) is 0 Å². The van der Waals surface area contributed by atoms with Crippen molar-refractivity contribution in [3.63, 3.8) is 0 Å². The fourth-order valence-corrected chi connectivity index (χ4v) is 3.08. The molecule has 1 heterocycles. The largest absolute Gasteiger partial charge is 0.412 e. The van der Waals surface area contributed by atoms with Crippen LogP contribution in [0.3, 0.4) is 0 Å². The molecule has 1 saturated carbocycles. The molecule has 104 valence electrons. The third-order valence-corrected chi connectivity index (χ3v) is 4.40. The van der Waals surface area contributed by atoms with Gasteiger partial charge in [0.2, 0.25) is 0 Å². The number of alkyl halides is 3. The third-order valence-electron chi connectivity index (χ3n) is 4.40. The first-order chi connectivity index (χ1) is 8.31. The molecule has 2 unspecified atom stereocenters. The van der Waals surface area contributed by atoms with Crippen LogP contribution in [-0.4, -0.2) is 36.8 Å². The van der Waals surface area contributed by atoms with Gasteiger partial charge in [-0.25, -0.2) is 0 Å². The van der Waals surface area contributed by atoms with Gasteiger partial charge in [-0.05, 0) is 24.7 Å². The Kier molecular flexibility index (Phi) is 3.74. The van der Waals surface area contributed by atoms with Crippen molar-refractivity contribution in [2.45, 2.75) is 44.8 Å². The van der Waals surface area contributed by atoms with Crippen molar-refractivity contribution in [3.05, 3.63) is 11.6 Å². The van der Waals surface area contributed by atoms with Crippen molar-refractivity contribution < 1.29 is 13.2 Å². The molecule has 0 aromatic heterocycles. The Balaban J connectivity index is 1.93. The number of nitrogens with zero attached hydrogens (tertiary/aromatic N) is 1. The van der Waals surface area contributed by atoms with E-state index in [-0.39, 0.29) is 23.5 Å². The highest BCUT2D eigenvalue weighted by molar-refractivity contribution is 5.13. The lowest BCUT2D eigenvalue weighted by Crippen LogP contribution is -2.45. The highest BCUT2D eigenvalue weighted by Gasteiger charge is 2.39. The zero-order valence-corrected chi connectivity index (χ0v) is 10.8. The lowest BCUT2D eigenvalue weighted by molar-refractivity contribution is -0.0962. The summed E-state index contributed by atoms with van der Waals surface area (Å²) in [6.45, 7) is 3.87. The van der Waals surface area contributed by atoms with E-state index in [0.29, 0.717) is 13.1 Å². The Morgan fingerprint density at radius 1 is 1.50 bits per heavy atom. The first-order valence-electron chi connectivity index (χ1n) is 6.55. The van der Waals surface area contributed by atoms with E-state index in [9.17, 15) is 13.2 Å². The van der Waals surface area contributed by atoms with E-state index in [1.165, 1.54) is 6.08 Å². The van der Waals surface area contributed by atoms with E-state index in [0.717, 1.165) is 25.8 Å². The number of nitrogens with two attached hydrogens (primary N) is 1. The molecule has 2 N–H and O–H groups in total. The summed E-state index contributed by atoms with van der Waals surface area (Å²) < 4.78 is 37.5. The van der Waals surface area contributed by atoms with Crippen molar-refractivity contribution >= 4 is 0 Å². The summed E-state index contributed by atoms with van der Waals surface area (Å²) in [7, 11) is 0. The van der Waals surface area contributed by atoms with Gasteiger partial charge in [-0.3, -0.25) is 4.90 Å². The second-order valence-corrected chi connectivity index (χ2v) is 5.86. The van der Waals surface area contributed by atoms with Crippen molar-refractivity contribution in [3.8, 4) is 0 Å². The second kappa shape index (κ2) is 4.85. The predicted octanol–water partition coefficient (Wildman–Crippen LogP) is 2.70. The minimum Gasteiger partial charge on any atom is -0.327 e. The molecule has 0 bridgehead atoms. The summed E-state index contributed by atoms with van der Waals surface area (Å²) in [5.74, 6) is 0. The fourth-order valence-electron chi connectivity index (χ4n) is 3.08. The molecule has 2 atom stereocenters. The van der Waals surface area contributed by atoms with Gasteiger partial charge in [-0.2, -0.15) is 13.2 Å². The van der Waals surface area contributed by atoms with Crippen LogP contribution in [0.4, 0.5) is 13.2 Å². The lowest BCUT2D eigenvalue weighted by Gasteiger charge is -2.37. The van der Waals surface area contributed by atoms with Gasteiger partial charge in [0.05, 0.1) is 0 Å². The van der Waals surface area contributed by atoms with E-state index in [2.05, 4.69) is 11.8 Å². The van der Waals surface area contributed by atoms with Crippen LogP contribution >= 0.6 is 0 Å². The summed E-state index contributed by atoms with van der Waals surface area (Å²) in [4.78, 5) is 2.10. The van der Waals surface area contributed by atoms with Crippen LogP contribution in [0.25, 0.3) is 0 Å². The first kappa shape index (κ1) is 13.9. The molecule has 5 heteroatoms. The maximum absolute atomic E-state index is 12.5. The van der Waals surface area contributed by atoms with Gasteiger partial charge in [0.15, 0.2) is 0 Å². The van der Waals surface area contributed by atoms with E-state index in [4.69, 9.17) is 5.73 Å². The molecule has 0 saturated heterocycles. The summed E-state index contributed by atoms with van der Waals surface area (Å²) in [5, 5.41) is 0. The van der Waals surface area contributed by atoms with E-state index < -0.39 is 6.18 Å². The Hall–Kier alpha value is -0.550. The third kappa shape index (κ3) is 2.88. The average Bonchev–Trinajstić information content (AvgIpc) is 2.58. The van der Waals surface area contributed by atoms with Crippen LogP contribution in [0.1, 0.15) is 32.6 Å². The molecular weight excluding hydrogens is 241 g/mol. The van der Waals surface area contributed by atoms with Crippen molar-refractivity contribution in [1.82, 2.24) is 4.90 Å². The highest BCUT2D eigenvalue weighted by Crippen LogP contribution is 2.38. The number of rotatable bonds is 2. The van der Waals surface area contributed by atoms with Gasteiger partial charge in [0.25, 0.3) is 0 Å². The molecule has 2 aliphatic rings. The van der Waals surface area contributed by atoms with Gasteiger partial charge >= 0.3 is 6.18 Å². The smallest absolute Gasteiger partial charge is 0.327 e. The molecule has 0 radical (unpaired) electrons. The summed E-state index contributed by atoms with van der Waals surface area (Å²) in [6.07, 6.45) is 0.533. The molecule has 2 nitrogen and oxygen atoms in total. The fraction of sp³-hybridized carbons (Fsp3) is 0.846. The second-order valence-electron chi connectivity index (χ2n) is 5.86. The molecule has 0 spiro atoms. The van der Waals surface area contributed by atoms with Crippen LogP contribution in [0.5, 0.6) is 0 Å². The molecule has 0 aromatic rings. The maximum atomic E-state index is 12.5. The maximum Gasteiger partial charge on any atom is 0.412 e. The molecule has 0 amide bonds. The van der Waals surface area contributed by atoms with Crippen LogP contribution in [0.2, 0.25) is 0 Å². The SMILES string of the molecule is CC1(CN2CC=C(C(F)(F)F)CC2)CCCC1N. The normalized spacial score (nSPS) is 34.7. The quantitative estimate of drug-likeness (QED) is 0.775. The molecule has 1 aliphatic heterocycles. The number of hydrogen-bond acceptors (Lipinski definition) is 2. The number of halogens is 3. The molecular formula is C13H21F3N2. The van der Waals surface area contributed by atoms with Crippen molar-refractivity contribution in [2.24, 2.45) is 11.1 Å². The zero-order chi connectivity index (χ0) is 13.4. The molecule has 0 aromatic carbocycles. The monoisotopic (exact) mass is 262 g/mol. The van der Waals surface area contributed by atoms with Crippen LogP contribution < -0.4 is 5.73 Å². The molecule has 1 fully saturated rings. The predicted molar refractivity (Wildman–Crippen MR) is 65.1 cm³/mol. The number of hydrogen-bond donors (Lipinski definition) is 1. The minimum absolute atomic E-state index is 0.0730. The molecule has 18 heavy (non-hydrogen) atoms. The minimum atomic E-state index is -4.15. The Morgan fingerprint density at radius 2 is 2.22 bits per heavy atom. The van der Waals surface area contributed by atoms with Crippen LogP contribution in [0.15, 0.2) is 11.6 Å². The van der Waals surface area contributed by atoms with Gasteiger partial charge in [-0.15, -0.1) is 0 Å². The summed E-state index contributed by atoms with van der Waals surface area (Å²) in [6, 6.07) is 0.186. The van der Waals surface area contributed by atoms with Gasteiger partial charge < -0.3 is 5.73 Å². The zero-order valence-electron chi connectivity index (χ0n) is 10.8. The summed E-state index contributed by atoms with van der Waals surface area (Å²) >= 11 is 0. The topological polar surface area (TPSA) is 29.3 Å². The van der Waals surface area contributed by atoms with Gasteiger partial charge in [0.1, 0.15) is 0 Å². The summed E-state index contributed by atoms with van der Waals surface area (Å²) in [5.41, 5.74) is 5.80. The first-order valence-corrected chi connectivity index (χ1v) is 6.55.